The molecule has 306 valence electrons. The van der Waals surface area contributed by atoms with E-state index in [0.29, 0.717) is 0 Å². The molecule has 22 heteroatoms. The third-order valence-electron chi connectivity index (χ3n) is 8.92. The van der Waals surface area contributed by atoms with E-state index in [2.05, 4.69) is 21.3 Å². The van der Waals surface area contributed by atoms with Crippen molar-refractivity contribution in [3.8, 4) is 0 Å². The first kappa shape index (κ1) is 44.7. The van der Waals surface area contributed by atoms with Crippen molar-refractivity contribution >= 4 is 23.6 Å². The fraction of sp³-hybridized carbons (Fsp3) is 0.871. The highest BCUT2D eigenvalue weighted by atomic mass is 16.7. The summed E-state index contributed by atoms with van der Waals surface area (Å²) < 4.78 is 35.3. The van der Waals surface area contributed by atoms with Crippen molar-refractivity contribution in [3.63, 3.8) is 0 Å². The Morgan fingerprint density at radius 2 is 1.25 bits per heavy atom. The highest BCUT2D eigenvalue weighted by Crippen LogP contribution is 2.33. The SMILES string of the molecule is CC(=O)N[C@H]1[C@@H](O[C@H]2[C@@H](O)[C@@H](C)O[C@H](O[C@@H]3[C@@H](O)[C@H](OCC(O)CO)O[C@H](C)[C@H]3NC(=O)[C@@H](CCO)NC(C)=O)[C@@H]2NC(C)=O)O[C@H](CO)[C@H](O)[C@@H]1O. The predicted octanol–water partition coefficient (Wildman–Crippen LogP) is -6.84. The molecule has 22 nitrogen and oxygen atoms in total. The molecule has 0 aromatic carbocycles. The Kier molecular flexibility index (Phi) is 17.1. The minimum Gasteiger partial charge on any atom is -0.396 e. The van der Waals surface area contributed by atoms with Gasteiger partial charge in [0, 0.05) is 27.4 Å². The number of nitrogens with one attached hydrogen (secondary N) is 4. The molecule has 3 aliphatic heterocycles. The zero-order valence-electron chi connectivity index (χ0n) is 30.0. The summed E-state index contributed by atoms with van der Waals surface area (Å²) in [5, 5.41) is 92.6. The van der Waals surface area contributed by atoms with Gasteiger partial charge in [-0.3, -0.25) is 19.2 Å². The molecular formula is C31H54N4O18. The Morgan fingerprint density at radius 3 is 1.79 bits per heavy atom. The van der Waals surface area contributed by atoms with Gasteiger partial charge in [0.15, 0.2) is 18.9 Å². The molecule has 3 saturated heterocycles. The zero-order chi connectivity index (χ0) is 39.7. The summed E-state index contributed by atoms with van der Waals surface area (Å²) in [7, 11) is 0. The van der Waals surface area contributed by atoms with E-state index >= 15 is 0 Å². The second-order valence-corrected chi connectivity index (χ2v) is 13.2. The number of aliphatic hydroxyl groups excluding tert-OH is 8. The van der Waals surface area contributed by atoms with Gasteiger partial charge in [-0.15, -0.1) is 0 Å². The highest BCUT2D eigenvalue weighted by Gasteiger charge is 2.54. The number of carbonyl (C=O) groups excluding carboxylic acids is 4. The quantitative estimate of drug-likeness (QED) is 0.0694. The standard InChI is InChI=1S/C31H54N4O18/c1-11-19(35-28(47)17(6-7-36)32-13(3)39)26(25(46)31(49-11)48-10-16(42)8-37)52-30-21(34-15(5)41)27(22(43)12(2)50-30)53-29-20(33-14(4)40)24(45)23(44)18(9-38)51-29/h11-12,16-27,29-31,36-38,42-46H,6-10H2,1-5H3,(H,32,39)(H,33,40)(H,34,41)(H,35,47)/t11-,12-,16?,17-,18-,19-,20-,21-,22+,23+,24-,25-,26+,27-,29-,30-,31-/m1/s1. The number of aliphatic hydroxyl groups is 8. The third-order valence-corrected chi connectivity index (χ3v) is 8.92. The Bertz CT molecular complexity index is 1220. The van der Waals surface area contributed by atoms with E-state index in [1.165, 1.54) is 20.8 Å². The van der Waals surface area contributed by atoms with Gasteiger partial charge in [0.05, 0.1) is 38.1 Å². The van der Waals surface area contributed by atoms with Gasteiger partial charge in [-0.25, -0.2) is 0 Å². The van der Waals surface area contributed by atoms with Crippen LogP contribution in [0, 0.1) is 0 Å². The lowest BCUT2D eigenvalue weighted by Gasteiger charge is -2.50. The molecule has 0 bridgehead atoms. The lowest BCUT2D eigenvalue weighted by atomic mass is 9.93. The predicted molar refractivity (Wildman–Crippen MR) is 174 cm³/mol. The van der Waals surface area contributed by atoms with Gasteiger partial charge in [-0.1, -0.05) is 0 Å². The lowest BCUT2D eigenvalue weighted by Crippen LogP contribution is -2.71. The molecule has 0 aromatic rings. The van der Waals surface area contributed by atoms with Crippen LogP contribution < -0.4 is 21.3 Å². The fourth-order valence-electron chi connectivity index (χ4n) is 6.25. The Labute approximate surface area is 305 Å². The monoisotopic (exact) mass is 770 g/mol. The first-order chi connectivity index (χ1) is 24.9. The van der Waals surface area contributed by atoms with Crippen molar-refractivity contribution in [3.05, 3.63) is 0 Å². The van der Waals surface area contributed by atoms with Crippen LogP contribution in [0.5, 0.6) is 0 Å². The Morgan fingerprint density at radius 1 is 0.679 bits per heavy atom. The number of ether oxygens (including phenoxy) is 6. The van der Waals surface area contributed by atoms with E-state index in [1.807, 2.05) is 0 Å². The molecule has 17 atom stereocenters. The van der Waals surface area contributed by atoms with Crippen molar-refractivity contribution in [2.75, 3.05) is 26.4 Å². The first-order valence-corrected chi connectivity index (χ1v) is 17.2. The van der Waals surface area contributed by atoms with Crippen LogP contribution in [0.25, 0.3) is 0 Å². The summed E-state index contributed by atoms with van der Waals surface area (Å²) in [4.78, 5) is 49.8. The molecule has 3 rings (SSSR count). The van der Waals surface area contributed by atoms with Crippen LogP contribution in [0.3, 0.4) is 0 Å². The Balaban J connectivity index is 2.02. The number of hydrogen-bond acceptors (Lipinski definition) is 18. The highest BCUT2D eigenvalue weighted by molar-refractivity contribution is 5.87. The van der Waals surface area contributed by atoms with E-state index < -0.39 is 154 Å². The second-order valence-electron chi connectivity index (χ2n) is 13.2. The Hall–Kier alpha value is -2.68. The molecule has 0 spiro atoms. The minimum absolute atomic E-state index is 0.178. The lowest BCUT2D eigenvalue weighted by molar-refractivity contribution is -0.346. The van der Waals surface area contributed by atoms with Gasteiger partial charge in [0.2, 0.25) is 23.6 Å². The number of amides is 4. The molecule has 12 N–H and O–H groups in total. The van der Waals surface area contributed by atoms with Gasteiger partial charge >= 0.3 is 0 Å². The molecule has 1 unspecified atom stereocenters. The normalized spacial score (nSPS) is 38.6. The molecule has 3 heterocycles. The second kappa shape index (κ2) is 20.3. The molecule has 0 aliphatic carbocycles. The number of rotatable bonds is 16. The molecule has 3 fully saturated rings. The van der Waals surface area contributed by atoms with Crippen LogP contribution in [0.1, 0.15) is 41.0 Å². The average molecular weight is 771 g/mol. The number of hydrogen-bond donors (Lipinski definition) is 12. The van der Waals surface area contributed by atoms with E-state index in [1.54, 1.807) is 0 Å². The van der Waals surface area contributed by atoms with Crippen molar-refractivity contribution < 1.29 is 88.5 Å². The maximum atomic E-state index is 13.4. The minimum atomic E-state index is -1.78. The van der Waals surface area contributed by atoms with E-state index in [9.17, 15) is 60.0 Å². The fourth-order valence-corrected chi connectivity index (χ4v) is 6.25. The van der Waals surface area contributed by atoms with Crippen molar-refractivity contribution in [2.45, 2.75) is 145 Å². The van der Waals surface area contributed by atoms with Gasteiger partial charge in [0.1, 0.15) is 67.0 Å². The van der Waals surface area contributed by atoms with Crippen molar-refractivity contribution in [1.82, 2.24) is 21.3 Å². The van der Waals surface area contributed by atoms with Crippen LogP contribution in [-0.2, 0) is 47.6 Å². The molecule has 4 amide bonds. The molecule has 0 radical (unpaired) electrons. The van der Waals surface area contributed by atoms with Crippen LogP contribution in [0.2, 0.25) is 0 Å². The smallest absolute Gasteiger partial charge is 0.243 e. The molecule has 53 heavy (non-hydrogen) atoms. The summed E-state index contributed by atoms with van der Waals surface area (Å²) in [6.07, 6.45) is -19.7. The van der Waals surface area contributed by atoms with Gasteiger partial charge in [0.25, 0.3) is 0 Å². The van der Waals surface area contributed by atoms with Crippen molar-refractivity contribution in [2.24, 2.45) is 0 Å². The van der Waals surface area contributed by atoms with Crippen LogP contribution in [-0.4, -0.2) is 195 Å². The summed E-state index contributed by atoms with van der Waals surface area (Å²) in [5.74, 6) is -2.70. The van der Waals surface area contributed by atoms with Crippen LogP contribution >= 0.6 is 0 Å². The summed E-state index contributed by atoms with van der Waals surface area (Å²) in [6.45, 7) is 3.92. The summed E-state index contributed by atoms with van der Waals surface area (Å²) in [5.41, 5.74) is 0. The molecule has 0 aromatic heterocycles. The summed E-state index contributed by atoms with van der Waals surface area (Å²) >= 11 is 0. The summed E-state index contributed by atoms with van der Waals surface area (Å²) in [6, 6.07) is -5.37. The average Bonchev–Trinajstić information content (AvgIpc) is 3.09. The van der Waals surface area contributed by atoms with Crippen molar-refractivity contribution in [1.29, 1.82) is 0 Å². The zero-order valence-corrected chi connectivity index (χ0v) is 30.0. The maximum absolute atomic E-state index is 13.4. The van der Waals surface area contributed by atoms with Crippen LogP contribution in [0.15, 0.2) is 0 Å². The van der Waals surface area contributed by atoms with E-state index in [0.717, 1.165) is 13.8 Å². The molecule has 0 saturated carbocycles. The third kappa shape index (κ3) is 11.7. The largest absolute Gasteiger partial charge is 0.396 e. The molecular weight excluding hydrogens is 716 g/mol. The van der Waals surface area contributed by atoms with E-state index in [-0.39, 0.29) is 6.42 Å². The topological polar surface area (TPSA) is 334 Å². The van der Waals surface area contributed by atoms with E-state index in [4.69, 9.17) is 28.4 Å². The van der Waals surface area contributed by atoms with Gasteiger partial charge < -0.3 is 90.5 Å². The molecule has 3 aliphatic rings. The van der Waals surface area contributed by atoms with Gasteiger partial charge in [-0.2, -0.15) is 0 Å². The van der Waals surface area contributed by atoms with Crippen LogP contribution in [0.4, 0.5) is 0 Å². The maximum Gasteiger partial charge on any atom is 0.243 e. The van der Waals surface area contributed by atoms with Gasteiger partial charge in [-0.05, 0) is 20.3 Å². The number of carbonyl (C=O) groups is 4. The first-order valence-electron chi connectivity index (χ1n) is 17.2.